The summed E-state index contributed by atoms with van der Waals surface area (Å²) >= 11 is 0.751. The third kappa shape index (κ3) is 4.63. The number of hydrogen-bond donors (Lipinski definition) is 1. The van der Waals surface area contributed by atoms with E-state index in [1.165, 1.54) is 7.11 Å². The highest BCUT2D eigenvalue weighted by Crippen LogP contribution is 2.46. The summed E-state index contributed by atoms with van der Waals surface area (Å²) in [7, 11) is 1.52. The monoisotopic (exact) mass is 624 g/mol. The van der Waals surface area contributed by atoms with Crippen LogP contribution in [0.1, 0.15) is 24.8 Å². The molecule has 228 valence electrons. The maximum Gasteiger partial charge on any atom is 0.417 e. The quantitative estimate of drug-likeness (QED) is 0.279. The second-order valence-electron chi connectivity index (χ2n) is 11.3. The summed E-state index contributed by atoms with van der Waals surface area (Å²) in [4.78, 5) is 16.4. The number of halogens is 6. The van der Waals surface area contributed by atoms with E-state index in [2.05, 4.69) is 15.0 Å². The number of nitrogen functional groups attached to an aromatic ring is 1. The fourth-order valence-corrected chi connectivity index (χ4v) is 7.35. The number of nitrogens with zero attached hydrogens (tertiary/aromatic N) is 5. The van der Waals surface area contributed by atoms with Gasteiger partial charge in [-0.1, -0.05) is 11.3 Å². The van der Waals surface area contributed by atoms with Gasteiger partial charge in [0.2, 0.25) is 0 Å². The smallest absolute Gasteiger partial charge is 0.417 e. The predicted octanol–water partition coefficient (Wildman–Crippen LogP) is 5.58. The fraction of sp³-hybridized carbons (Fsp3) is 0.464. The predicted molar refractivity (Wildman–Crippen MR) is 149 cm³/mol. The van der Waals surface area contributed by atoms with E-state index in [1.54, 1.807) is 4.90 Å². The van der Waals surface area contributed by atoms with Crippen LogP contribution in [0.3, 0.4) is 0 Å². The van der Waals surface area contributed by atoms with Crippen molar-refractivity contribution in [1.82, 2.24) is 19.9 Å². The molecule has 0 saturated carbocycles. The van der Waals surface area contributed by atoms with Crippen LogP contribution in [0.4, 0.5) is 37.3 Å². The van der Waals surface area contributed by atoms with Crippen molar-refractivity contribution in [2.45, 2.75) is 43.3 Å². The molecule has 2 aromatic carbocycles. The Morgan fingerprint density at radius 1 is 1.12 bits per heavy atom. The Morgan fingerprint density at radius 2 is 1.91 bits per heavy atom. The molecule has 2 N–H and O–H groups in total. The van der Waals surface area contributed by atoms with E-state index in [4.69, 9.17) is 15.2 Å². The minimum atomic E-state index is -5.00. The molecule has 3 saturated heterocycles. The minimum Gasteiger partial charge on any atom is -0.461 e. The summed E-state index contributed by atoms with van der Waals surface area (Å²) < 4.78 is 100. The molecule has 0 spiro atoms. The van der Waals surface area contributed by atoms with Gasteiger partial charge in [0, 0.05) is 49.7 Å². The summed E-state index contributed by atoms with van der Waals surface area (Å²) in [6.45, 7) is 1.69. The summed E-state index contributed by atoms with van der Waals surface area (Å²) in [5.74, 6) is -1.97. The first-order valence-corrected chi connectivity index (χ1v) is 14.5. The SMILES string of the molecule is COC1CN(c2nc(OC[C@@]34CCCN3C[C@H](F)C4)nc3c(F)c(-c4ccc(F)c5sc(N)nc45)c(C(F)(F)F)cc23)C1. The molecule has 0 bridgehead atoms. The van der Waals surface area contributed by atoms with Crippen LogP contribution < -0.4 is 15.4 Å². The summed E-state index contributed by atoms with van der Waals surface area (Å²) in [6, 6.07) is 2.57. The number of alkyl halides is 4. The van der Waals surface area contributed by atoms with Gasteiger partial charge >= 0.3 is 12.2 Å². The Bertz CT molecular complexity index is 1750. The first kappa shape index (κ1) is 28.3. The van der Waals surface area contributed by atoms with E-state index in [1.807, 2.05) is 4.90 Å². The van der Waals surface area contributed by atoms with Crippen molar-refractivity contribution in [3.05, 3.63) is 35.4 Å². The Hall–Kier alpha value is -3.43. The van der Waals surface area contributed by atoms with Crippen molar-refractivity contribution in [3.8, 4) is 17.1 Å². The number of hydrogen-bond acceptors (Lipinski definition) is 9. The maximum atomic E-state index is 16.6. The molecule has 0 unspecified atom stereocenters. The second kappa shape index (κ2) is 10.1. The molecule has 7 rings (SSSR count). The highest BCUT2D eigenvalue weighted by atomic mass is 32.1. The molecule has 3 aliphatic rings. The Balaban J connectivity index is 1.41. The average molecular weight is 625 g/mol. The van der Waals surface area contributed by atoms with Crippen LogP contribution in [0.5, 0.6) is 6.01 Å². The van der Waals surface area contributed by atoms with E-state index in [-0.39, 0.29) is 57.3 Å². The van der Waals surface area contributed by atoms with Gasteiger partial charge in [0.1, 0.15) is 29.9 Å². The number of thiazole rings is 1. The van der Waals surface area contributed by atoms with Crippen molar-refractivity contribution in [1.29, 1.82) is 0 Å². The molecule has 4 aromatic rings. The molecule has 3 aliphatic heterocycles. The first-order chi connectivity index (χ1) is 20.5. The van der Waals surface area contributed by atoms with Crippen molar-refractivity contribution < 1.29 is 35.8 Å². The van der Waals surface area contributed by atoms with Crippen LogP contribution in [0, 0.1) is 11.6 Å². The maximum absolute atomic E-state index is 16.6. The first-order valence-electron chi connectivity index (χ1n) is 13.7. The van der Waals surface area contributed by atoms with E-state index in [0.717, 1.165) is 42.5 Å². The van der Waals surface area contributed by atoms with Gasteiger partial charge in [-0.15, -0.1) is 0 Å². The zero-order valence-electron chi connectivity index (χ0n) is 22.8. The Labute approximate surface area is 245 Å². The van der Waals surface area contributed by atoms with E-state index in [9.17, 15) is 22.0 Å². The van der Waals surface area contributed by atoms with E-state index >= 15 is 4.39 Å². The lowest BCUT2D eigenvalue weighted by atomic mass is 9.94. The van der Waals surface area contributed by atoms with Crippen LogP contribution >= 0.6 is 11.3 Å². The lowest BCUT2D eigenvalue weighted by Gasteiger charge is -2.39. The summed E-state index contributed by atoms with van der Waals surface area (Å²) in [5, 5.41) is -0.249. The van der Waals surface area contributed by atoms with E-state index < -0.39 is 46.2 Å². The third-order valence-electron chi connectivity index (χ3n) is 8.69. The largest absolute Gasteiger partial charge is 0.461 e. The molecular weight excluding hydrogens is 598 g/mol. The van der Waals surface area contributed by atoms with Crippen molar-refractivity contribution in [3.63, 3.8) is 0 Å². The number of ether oxygens (including phenoxy) is 2. The van der Waals surface area contributed by atoms with Crippen LogP contribution in [0.2, 0.25) is 0 Å². The Kier molecular flexibility index (Phi) is 6.63. The molecule has 43 heavy (non-hydrogen) atoms. The fourth-order valence-electron chi connectivity index (χ4n) is 6.59. The summed E-state index contributed by atoms with van der Waals surface area (Å²) in [5.41, 5.74) is 2.21. The molecule has 15 heteroatoms. The lowest BCUT2D eigenvalue weighted by molar-refractivity contribution is -0.137. The van der Waals surface area contributed by atoms with Crippen molar-refractivity contribution in [2.24, 2.45) is 0 Å². The summed E-state index contributed by atoms with van der Waals surface area (Å²) in [6.07, 6.45) is -4.33. The lowest BCUT2D eigenvalue weighted by Crippen LogP contribution is -2.52. The van der Waals surface area contributed by atoms with Gasteiger partial charge in [-0.25, -0.2) is 18.2 Å². The number of benzene rings is 2. The van der Waals surface area contributed by atoms with Crippen molar-refractivity contribution in [2.75, 3.05) is 50.5 Å². The molecule has 0 radical (unpaired) electrons. The molecule has 5 heterocycles. The zero-order valence-corrected chi connectivity index (χ0v) is 23.7. The van der Waals surface area contributed by atoms with Gasteiger partial charge in [-0.2, -0.15) is 23.1 Å². The molecular formula is C28H26F6N6O2S. The normalized spacial score (nSPS) is 23.0. The molecule has 0 amide bonds. The van der Waals surface area contributed by atoms with Crippen LogP contribution in [-0.2, 0) is 10.9 Å². The van der Waals surface area contributed by atoms with Gasteiger partial charge in [0.25, 0.3) is 0 Å². The average Bonchev–Trinajstić information content (AvgIpc) is 3.59. The molecule has 3 fully saturated rings. The van der Waals surface area contributed by atoms with Crippen LogP contribution in [-0.4, -0.2) is 77.6 Å². The number of anilines is 2. The van der Waals surface area contributed by atoms with Crippen LogP contribution in [0.25, 0.3) is 32.2 Å². The third-order valence-corrected chi connectivity index (χ3v) is 9.58. The van der Waals surface area contributed by atoms with Crippen LogP contribution in [0.15, 0.2) is 18.2 Å². The van der Waals surface area contributed by atoms with E-state index in [0.29, 0.717) is 26.1 Å². The van der Waals surface area contributed by atoms with Gasteiger partial charge in [0.05, 0.1) is 27.4 Å². The molecule has 2 aromatic heterocycles. The minimum absolute atomic E-state index is 0.0465. The number of rotatable bonds is 6. The second-order valence-corrected chi connectivity index (χ2v) is 12.3. The zero-order chi connectivity index (χ0) is 30.3. The Morgan fingerprint density at radius 3 is 2.65 bits per heavy atom. The standard InChI is InChI=1S/C28H26F6N6O2S/c1-41-14-10-39(11-14)24-16-7-17(28(32,33)34)19(15-3-4-18(30)23-22(15)36-25(35)43-23)20(31)21(16)37-26(38-24)42-12-27-5-2-6-40(27)9-13(29)8-27/h3-4,7,13-14H,2,5-6,8-12H2,1H3,(H2,35,36)/t13-,27+/m1/s1. The van der Waals surface area contributed by atoms with Gasteiger partial charge in [0.15, 0.2) is 10.9 Å². The topological polar surface area (TPSA) is 89.6 Å². The highest BCUT2D eigenvalue weighted by Gasteiger charge is 2.49. The number of fused-ring (bicyclic) bond motifs is 3. The number of aromatic nitrogens is 3. The number of nitrogens with two attached hydrogens (primary N) is 1. The van der Waals surface area contributed by atoms with Gasteiger partial charge in [-0.3, -0.25) is 4.90 Å². The van der Waals surface area contributed by atoms with Crippen molar-refractivity contribution >= 4 is 43.4 Å². The molecule has 8 nitrogen and oxygen atoms in total. The van der Waals surface area contributed by atoms with Gasteiger partial charge < -0.3 is 20.1 Å². The van der Waals surface area contributed by atoms with Gasteiger partial charge in [-0.05, 0) is 37.6 Å². The molecule has 2 atom stereocenters. The number of methoxy groups -OCH3 is 1. The molecule has 0 aliphatic carbocycles. The highest BCUT2D eigenvalue weighted by molar-refractivity contribution is 7.22.